The first kappa shape index (κ1) is 20.2. The number of carbonyl (C=O) groups is 3. The van der Waals surface area contributed by atoms with Gasteiger partial charge in [0.2, 0.25) is 6.10 Å². The molecule has 1 N–H and O–H groups in total. The molecule has 0 spiro atoms. The fourth-order valence-corrected chi connectivity index (χ4v) is 3.09. The van der Waals surface area contributed by atoms with Gasteiger partial charge in [-0.05, 0) is 24.3 Å². The van der Waals surface area contributed by atoms with Gasteiger partial charge in [-0.3, -0.25) is 9.59 Å². The Morgan fingerprint density at radius 2 is 1.55 bits per heavy atom. The van der Waals surface area contributed by atoms with Crippen LogP contribution in [0, 0.1) is 0 Å². The largest absolute Gasteiger partial charge is 0.485 e. The van der Waals surface area contributed by atoms with Crippen LogP contribution < -0.4 is 14.8 Å². The van der Waals surface area contributed by atoms with Crippen LogP contribution in [0.15, 0.2) is 78.9 Å². The van der Waals surface area contributed by atoms with Crippen molar-refractivity contribution in [3.63, 3.8) is 0 Å². The van der Waals surface area contributed by atoms with Gasteiger partial charge in [-0.1, -0.05) is 54.6 Å². The maximum absolute atomic E-state index is 12.8. The molecular weight excluding hydrogens is 398 g/mol. The molecule has 0 aromatic heterocycles. The number of esters is 1. The first-order valence-corrected chi connectivity index (χ1v) is 9.65. The average Bonchev–Trinajstić information content (AvgIpc) is 2.82. The third-order valence-corrected chi connectivity index (χ3v) is 4.60. The quantitative estimate of drug-likeness (QED) is 0.489. The summed E-state index contributed by atoms with van der Waals surface area (Å²) in [5.74, 6) is -0.519. The van der Waals surface area contributed by atoms with Crippen molar-refractivity contribution in [2.45, 2.75) is 6.10 Å². The summed E-state index contributed by atoms with van der Waals surface area (Å²) >= 11 is 0. The van der Waals surface area contributed by atoms with E-state index < -0.39 is 24.6 Å². The molecule has 1 amide bonds. The molecule has 3 aromatic rings. The van der Waals surface area contributed by atoms with Crippen LogP contribution in [0.2, 0.25) is 0 Å². The lowest BCUT2D eigenvalue weighted by molar-refractivity contribution is -0.156. The monoisotopic (exact) mass is 417 g/mol. The first-order chi connectivity index (χ1) is 15.1. The molecular formula is C24H19NO6. The van der Waals surface area contributed by atoms with Crippen molar-refractivity contribution in [2.75, 3.05) is 18.5 Å². The molecule has 0 saturated heterocycles. The summed E-state index contributed by atoms with van der Waals surface area (Å²) in [5.41, 5.74) is 1.18. The number of benzene rings is 3. The SMILES string of the molecule is O=C(COC(=O)[C@@H]1COc2ccccc2O1)Nc1ccccc1C(=O)c1ccccc1. The van der Waals surface area contributed by atoms with Crippen molar-refractivity contribution in [3.05, 3.63) is 90.0 Å². The lowest BCUT2D eigenvalue weighted by Gasteiger charge is -2.24. The molecule has 0 saturated carbocycles. The van der Waals surface area contributed by atoms with Gasteiger partial charge in [0.15, 0.2) is 23.9 Å². The zero-order chi connectivity index (χ0) is 21.6. The molecule has 7 heteroatoms. The van der Waals surface area contributed by atoms with Crippen LogP contribution in [0.4, 0.5) is 5.69 Å². The Morgan fingerprint density at radius 1 is 0.871 bits per heavy atom. The van der Waals surface area contributed by atoms with Gasteiger partial charge in [-0.25, -0.2) is 4.79 Å². The van der Waals surface area contributed by atoms with Gasteiger partial charge in [0.25, 0.3) is 5.91 Å². The summed E-state index contributed by atoms with van der Waals surface area (Å²) in [5, 5.41) is 2.63. The van der Waals surface area contributed by atoms with Gasteiger partial charge >= 0.3 is 5.97 Å². The highest BCUT2D eigenvalue weighted by atomic mass is 16.6. The minimum Gasteiger partial charge on any atom is -0.485 e. The number of fused-ring (bicyclic) bond motifs is 1. The summed E-state index contributed by atoms with van der Waals surface area (Å²) < 4.78 is 16.1. The minimum atomic E-state index is -0.963. The fourth-order valence-electron chi connectivity index (χ4n) is 3.09. The topological polar surface area (TPSA) is 90.9 Å². The van der Waals surface area contributed by atoms with Crippen molar-refractivity contribution in [1.82, 2.24) is 0 Å². The van der Waals surface area contributed by atoms with Crippen LogP contribution in [0.25, 0.3) is 0 Å². The van der Waals surface area contributed by atoms with Gasteiger partial charge < -0.3 is 19.5 Å². The van der Waals surface area contributed by atoms with Crippen LogP contribution >= 0.6 is 0 Å². The predicted octanol–water partition coefficient (Wildman–Crippen LogP) is 3.24. The van der Waals surface area contributed by atoms with E-state index in [1.54, 1.807) is 72.8 Å². The molecule has 7 nitrogen and oxygen atoms in total. The van der Waals surface area contributed by atoms with Crippen LogP contribution in [0.5, 0.6) is 11.5 Å². The molecule has 1 aliphatic heterocycles. The summed E-state index contributed by atoms with van der Waals surface area (Å²) in [7, 11) is 0. The number of hydrogen-bond acceptors (Lipinski definition) is 6. The lowest BCUT2D eigenvalue weighted by Crippen LogP contribution is -2.39. The number of nitrogens with one attached hydrogen (secondary N) is 1. The molecule has 0 fully saturated rings. The Kier molecular flexibility index (Phi) is 5.93. The van der Waals surface area contributed by atoms with Crippen LogP contribution in [0.1, 0.15) is 15.9 Å². The molecule has 0 radical (unpaired) electrons. The fraction of sp³-hybridized carbons (Fsp3) is 0.125. The smallest absolute Gasteiger partial charge is 0.351 e. The number of anilines is 1. The summed E-state index contributed by atoms with van der Waals surface area (Å²) in [4.78, 5) is 37.4. The van der Waals surface area contributed by atoms with E-state index in [0.717, 1.165) is 0 Å². The molecule has 1 aliphatic rings. The average molecular weight is 417 g/mol. The predicted molar refractivity (Wildman–Crippen MR) is 112 cm³/mol. The van der Waals surface area contributed by atoms with Crippen molar-refractivity contribution < 1.29 is 28.6 Å². The highest BCUT2D eigenvalue weighted by molar-refractivity contribution is 6.13. The third-order valence-electron chi connectivity index (χ3n) is 4.60. The Balaban J connectivity index is 1.36. The molecule has 3 aromatic carbocycles. The molecule has 156 valence electrons. The van der Waals surface area contributed by atoms with Crippen LogP contribution in [-0.2, 0) is 14.3 Å². The van der Waals surface area contributed by atoms with Gasteiger partial charge in [-0.2, -0.15) is 0 Å². The van der Waals surface area contributed by atoms with E-state index in [4.69, 9.17) is 14.2 Å². The number of para-hydroxylation sites is 3. The van der Waals surface area contributed by atoms with E-state index in [-0.39, 0.29) is 12.4 Å². The second-order valence-electron chi connectivity index (χ2n) is 6.76. The number of carbonyl (C=O) groups excluding carboxylic acids is 3. The van der Waals surface area contributed by atoms with Crippen molar-refractivity contribution >= 4 is 23.3 Å². The molecule has 0 aliphatic carbocycles. The van der Waals surface area contributed by atoms with E-state index in [1.807, 2.05) is 6.07 Å². The molecule has 31 heavy (non-hydrogen) atoms. The number of ketones is 1. The van der Waals surface area contributed by atoms with Gasteiger partial charge in [0.1, 0.15) is 6.61 Å². The number of ether oxygens (including phenoxy) is 3. The minimum absolute atomic E-state index is 0.00806. The maximum Gasteiger partial charge on any atom is 0.351 e. The standard InChI is InChI=1S/C24H19NO6/c26-22(15-30-24(28)21-14-29-19-12-6-7-13-20(19)31-21)25-18-11-5-4-10-17(18)23(27)16-8-2-1-3-9-16/h1-13,21H,14-15H2,(H,25,26)/t21-/m0/s1. The van der Waals surface area contributed by atoms with Crippen LogP contribution in [-0.4, -0.2) is 37.0 Å². The van der Waals surface area contributed by atoms with Crippen molar-refractivity contribution in [1.29, 1.82) is 0 Å². The highest BCUT2D eigenvalue weighted by Gasteiger charge is 2.29. The Bertz CT molecular complexity index is 1110. The molecule has 0 bridgehead atoms. The van der Waals surface area contributed by atoms with E-state index >= 15 is 0 Å². The number of hydrogen-bond donors (Lipinski definition) is 1. The normalized spacial score (nSPS) is 14.4. The lowest BCUT2D eigenvalue weighted by atomic mass is 10.0. The Hall–Kier alpha value is -4.13. The van der Waals surface area contributed by atoms with Gasteiger partial charge in [0, 0.05) is 11.1 Å². The van der Waals surface area contributed by atoms with Gasteiger partial charge in [-0.15, -0.1) is 0 Å². The third kappa shape index (κ3) is 4.72. The molecule has 4 rings (SSSR count). The van der Waals surface area contributed by atoms with Crippen molar-refractivity contribution in [3.8, 4) is 11.5 Å². The zero-order valence-corrected chi connectivity index (χ0v) is 16.4. The summed E-state index contributed by atoms with van der Waals surface area (Å²) in [6.45, 7) is -0.528. The summed E-state index contributed by atoms with van der Waals surface area (Å²) in [6.07, 6.45) is -0.963. The summed E-state index contributed by atoms with van der Waals surface area (Å²) in [6, 6.07) is 22.4. The van der Waals surface area contributed by atoms with E-state index in [2.05, 4.69) is 5.32 Å². The second kappa shape index (κ2) is 9.13. The molecule has 1 atom stereocenters. The highest BCUT2D eigenvalue weighted by Crippen LogP contribution is 2.31. The molecule has 1 heterocycles. The van der Waals surface area contributed by atoms with E-state index in [1.165, 1.54) is 0 Å². The zero-order valence-electron chi connectivity index (χ0n) is 16.4. The van der Waals surface area contributed by atoms with E-state index in [9.17, 15) is 14.4 Å². The van der Waals surface area contributed by atoms with Crippen LogP contribution in [0.3, 0.4) is 0 Å². The van der Waals surface area contributed by atoms with Gasteiger partial charge in [0.05, 0.1) is 5.69 Å². The first-order valence-electron chi connectivity index (χ1n) is 9.65. The Morgan fingerprint density at radius 3 is 2.35 bits per heavy atom. The van der Waals surface area contributed by atoms with Crippen molar-refractivity contribution in [2.24, 2.45) is 0 Å². The number of amides is 1. The Labute approximate surface area is 178 Å². The molecule has 0 unspecified atom stereocenters. The second-order valence-corrected chi connectivity index (χ2v) is 6.76. The number of rotatable bonds is 6. The van der Waals surface area contributed by atoms with E-state index in [0.29, 0.717) is 28.3 Å². The maximum atomic E-state index is 12.8.